The summed E-state index contributed by atoms with van der Waals surface area (Å²) in [5, 5.41) is 2.96. The molecule has 2 amide bonds. The Labute approximate surface area is 129 Å². The van der Waals surface area contributed by atoms with Crippen LogP contribution in [0.4, 0.5) is 0 Å². The van der Waals surface area contributed by atoms with Gasteiger partial charge in [0.05, 0.1) is 11.8 Å². The first kappa shape index (κ1) is 14.4. The molecule has 1 saturated heterocycles. The van der Waals surface area contributed by atoms with Gasteiger partial charge in [-0.15, -0.1) is 0 Å². The van der Waals surface area contributed by atoms with Gasteiger partial charge in [0.15, 0.2) is 0 Å². The highest BCUT2D eigenvalue weighted by Gasteiger charge is 2.37. The van der Waals surface area contributed by atoms with Crippen molar-refractivity contribution < 1.29 is 9.59 Å². The van der Waals surface area contributed by atoms with Crippen LogP contribution in [-0.2, 0) is 22.4 Å². The second-order valence-corrected chi connectivity index (χ2v) is 6.64. The van der Waals surface area contributed by atoms with E-state index in [1.807, 2.05) is 11.2 Å². The molecule has 0 radical (unpaired) electrons. The standard InChI is InChI=1S/C16H20N2O2S/c1-21-10-15(19)17-13-8-16(20)18(9-13)14-6-11-4-2-3-5-12(11)7-14/h2-5,13-14H,6-10H2,1H3,(H,17,19)/t13-/m0/s1. The van der Waals surface area contributed by atoms with Gasteiger partial charge in [-0.1, -0.05) is 24.3 Å². The fourth-order valence-corrected chi connectivity index (χ4v) is 3.68. The lowest BCUT2D eigenvalue weighted by atomic mass is 10.1. The molecule has 1 aliphatic heterocycles. The maximum atomic E-state index is 12.2. The molecule has 0 bridgehead atoms. The Morgan fingerprint density at radius 3 is 2.57 bits per heavy atom. The summed E-state index contributed by atoms with van der Waals surface area (Å²) in [5.41, 5.74) is 2.70. The maximum absolute atomic E-state index is 12.2. The molecule has 2 aliphatic rings. The molecule has 0 spiro atoms. The number of benzene rings is 1. The number of hydrogen-bond acceptors (Lipinski definition) is 3. The molecule has 21 heavy (non-hydrogen) atoms. The minimum atomic E-state index is -0.0270. The van der Waals surface area contributed by atoms with Gasteiger partial charge in [0, 0.05) is 19.0 Å². The summed E-state index contributed by atoms with van der Waals surface area (Å²) in [6.07, 6.45) is 4.22. The molecule has 0 saturated carbocycles. The molecule has 3 rings (SSSR count). The molecule has 1 aromatic rings. The van der Waals surface area contributed by atoms with Gasteiger partial charge in [0.2, 0.25) is 11.8 Å². The number of thioether (sulfide) groups is 1. The van der Waals surface area contributed by atoms with Crippen LogP contribution in [0.1, 0.15) is 17.5 Å². The van der Waals surface area contributed by atoms with Crippen molar-refractivity contribution in [2.45, 2.75) is 31.3 Å². The molecular weight excluding hydrogens is 284 g/mol. The number of nitrogens with zero attached hydrogens (tertiary/aromatic N) is 1. The number of likely N-dealkylation sites (tertiary alicyclic amines) is 1. The van der Waals surface area contributed by atoms with Gasteiger partial charge >= 0.3 is 0 Å². The fourth-order valence-electron chi connectivity index (χ4n) is 3.34. The average Bonchev–Trinajstić information content (AvgIpc) is 3.02. The highest BCUT2D eigenvalue weighted by atomic mass is 32.2. The van der Waals surface area contributed by atoms with Crippen molar-refractivity contribution in [1.29, 1.82) is 0 Å². The van der Waals surface area contributed by atoms with Gasteiger partial charge < -0.3 is 10.2 Å². The van der Waals surface area contributed by atoms with Crippen LogP contribution < -0.4 is 5.32 Å². The molecule has 5 heteroatoms. The summed E-state index contributed by atoms with van der Waals surface area (Å²) in [4.78, 5) is 25.8. The molecule has 1 N–H and O–H groups in total. The van der Waals surface area contributed by atoms with Crippen molar-refractivity contribution in [3.63, 3.8) is 0 Å². The Bertz CT molecular complexity index is 536. The van der Waals surface area contributed by atoms with Crippen LogP contribution in [-0.4, -0.2) is 47.4 Å². The minimum Gasteiger partial charge on any atom is -0.350 e. The number of amides is 2. The van der Waals surface area contributed by atoms with Gasteiger partial charge in [0.25, 0.3) is 0 Å². The second kappa shape index (κ2) is 6.10. The lowest BCUT2D eigenvalue weighted by Gasteiger charge is -2.24. The summed E-state index contributed by atoms with van der Waals surface area (Å²) >= 11 is 1.50. The number of fused-ring (bicyclic) bond motifs is 1. The highest BCUT2D eigenvalue weighted by Crippen LogP contribution is 2.28. The third-order valence-electron chi connectivity index (χ3n) is 4.27. The molecule has 0 aromatic heterocycles. The zero-order chi connectivity index (χ0) is 14.8. The number of rotatable bonds is 4. The van der Waals surface area contributed by atoms with Crippen molar-refractivity contribution in [2.24, 2.45) is 0 Å². The summed E-state index contributed by atoms with van der Waals surface area (Å²) < 4.78 is 0. The minimum absolute atomic E-state index is 0.0249. The van der Waals surface area contributed by atoms with E-state index in [2.05, 4.69) is 29.6 Å². The first-order chi connectivity index (χ1) is 10.2. The van der Waals surface area contributed by atoms with E-state index in [1.165, 1.54) is 22.9 Å². The van der Waals surface area contributed by atoms with Gasteiger partial charge in [-0.25, -0.2) is 0 Å². The van der Waals surface area contributed by atoms with E-state index in [-0.39, 0.29) is 23.9 Å². The monoisotopic (exact) mass is 304 g/mol. The van der Waals surface area contributed by atoms with Crippen LogP contribution in [0.5, 0.6) is 0 Å². The Morgan fingerprint density at radius 1 is 1.29 bits per heavy atom. The normalized spacial score (nSPS) is 21.7. The molecule has 1 aromatic carbocycles. The van der Waals surface area contributed by atoms with E-state index in [1.54, 1.807) is 0 Å². The summed E-state index contributed by atoms with van der Waals surface area (Å²) in [5.74, 6) is 0.652. The van der Waals surface area contributed by atoms with Crippen LogP contribution in [0.2, 0.25) is 0 Å². The van der Waals surface area contributed by atoms with Crippen LogP contribution >= 0.6 is 11.8 Å². The molecule has 0 unspecified atom stereocenters. The quantitative estimate of drug-likeness (QED) is 0.910. The Hall–Kier alpha value is -1.49. The topological polar surface area (TPSA) is 49.4 Å². The highest BCUT2D eigenvalue weighted by molar-refractivity contribution is 7.99. The van der Waals surface area contributed by atoms with Gasteiger partial charge in [-0.05, 0) is 30.2 Å². The molecule has 112 valence electrons. The molecule has 1 atom stereocenters. The van der Waals surface area contributed by atoms with E-state index < -0.39 is 0 Å². The SMILES string of the molecule is CSCC(=O)N[C@H]1CC(=O)N(C2Cc3ccccc3C2)C1. The molecular formula is C16H20N2O2S. The lowest BCUT2D eigenvalue weighted by Crippen LogP contribution is -2.41. The summed E-state index contributed by atoms with van der Waals surface area (Å²) in [7, 11) is 0. The van der Waals surface area contributed by atoms with E-state index >= 15 is 0 Å². The zero-order valence-electron chi connectivity index (χ0n) is 12.2. The lowest BCUT2D eigenvalue weighted by molar-refractivity contribution is -0.129. The fraction of sp³-hybridized carbons (Fsp3) is 0.500. The molecule has 4 nitrogen and oxygen atoms in total. The molecule has 1 heterocycles. The molecule has 1 aliphatic carbocycles. The van der Waals surface area contributed by atoms with Crippen LogP contribution in [0.25, 0.3) is 0 Å². The largest absolute Gasteiger partial charge is 0.350 e. The van der Waals surface area contributed by atoms with Crippen molar-refractivity contribution in [2.75, 3.05) is 18.6 Å². The second-order valence-electron chi connectivity index (χ2n) is 5.78. The van der Waals surface area contributed by atoms with E-state index in [0.717, 1.165) is 12.8 Å². The third kappa shape index (κ3) is 3.07. The Morgan fingerprint density at radius 2 is 1.95 bits per heavy atom. The Kier molecular flexibility index (Phi) is 4.19. The first-order valence-electron chi connectivity index (χ1n) is 7.32. The number of carbonyl (C=O) groups excluding carboxylic acids is 2. The van der Waals surface area contributed by atoms with E-state index in [0.29, 0.717) is 18.7 Å². The first-order valence-corrected chi connectivity index (χ1v) is 8.71. The van der Waals surface area contributed by atoms with Gasteiger partial charge in [-0.2, -0.15) is 11.8 Å². The number of hydrogen-bond donors (Lipinski definition) is 1. The van der Waals surface area contributed by atoms with Crippen molar-refractivity contribution in [3.05, 3.63) is 35.4 Å². The third-order valence-corrected chi connectivity index (χ3v) is 4.82. The summed E-state index contributed by atoms with van der Waals surface area (Å²) in [6.45, 7) is 0.650. The maximum Gasteiger partial charge on any atom is 0.230 e. The van der Waals surface area contributed by atoms with E-state index in [4.69, 9.17) is 0 Å². The van der Waals surface area contributed by atoms with Crippen LogP contribution in [0.3, 0.4) is 0 Å². The Balaban J connectivity index is 1.61. The van der Waals surface area contributed by atoms with Gasteiger partial charge in [0.1, 0.15) is 0 Å². The zero-order valence-corrected chi connectivity index (χ0v) is 13.0. The van der Waals surface area contributed by atoms with Crippen molar-refractivity contribution in [3.8, 4) is 0 Å². The molecule has 1 fully saturated rings. The van der Waals surface area contributed by atoms with E-state index in [9.17, 15) is 9.59 Å². The van der Waals surface area contributed by atoms with Crippen molar-refractivity contribution >= 4 is 23.6 Å². The number of nitrogens with one attached hydrogen (secondary N) is 1. The van der Waals surface area contributed by atoms with Crippen LogP contribution in [0.15, 0.2) is 24.3 Å². The van der Waals surface area contributed by atoms with Crippen molar-refractivity contribution in [1.82, 2.24) is 10.2 Å². The van der Waals surface area contributed by atoms with Gasteiger partial charge in [-0.3, -0.25) is 9.59 Å². The smallest absolute Gasteiger partial charge is 0.230 e. The predicted octanol–water partition coefficient (Wildman–Crippen LogP) is 1.23. The predicted molar refractivity (Wildman–Crippen MR) is 84.3 cm³/mol. The van der Waals surface area contributed by atoms with Crippen LogP contribution in [0, 0.1) is 0 Å². The average molecular weight is 304 g/mol. The summed E-state index contributed by atoms with van der Waals surface area (Å²) in [6, 6.07) is 8.64. The number of carbonyl (C=O) groups is 2.